The number of carbonyl (C=O) groups is 3. The molecule has 0 fully saturated rings. The van der Waals surface area contributed by atoms with E-state index in [9.17, 15) is 31.9 Å². The summed E-state index contributed by atoms with van der Waals surface area (Å²) in [7, 11) is 2.26. The van der Waals surface area contributed by atoms with Gasteiger partial charge >= 0.3 is 11.9 Å². The van der Waals surface area contributed by atoms with Crippen LogP contribution in [-0.4, -0.2) is 41.8 Å². The van der Waals surface area contributed by atoms with Crippen LogP contribution in [0, 0.1) is 0 Å². The monoisotopic (exact) mass is 517 g/mol. The Morgan fingerprint density at radius 3 is 2.14 bits per heavy atom. The second kappa shape index (κ2) is 10.6. The Morgan fingerprint density at radius 2 is 1.63 bits per heavy atom. The highest BCUT2D eigenvalue weighted by molar-refractivity contribution is 6.32. The summed E-state index contributed by atoms with van der Waals surface area (Å²) < 4.78 is 67.8. The number of carbonyl (C=O) groups excluding carboxylic acids is 3. The SMILES string of the molecule is COC(=O)c1cc(NC(=O)c2ccc(Cn3nc(C(F)F)c(Cl)c3C(F)F)o2)cc(C(=O)OC)c1. The lowest BCUT2D eigenvalue weighted by Gasteiger charge is -2.09. The van der Waals surface area contributed by atoms with Crippen LogP contribution in [-0.2, 0) is 16.0 Å². The molecule has 0 radical (unpaired) electrons. The Hall–Kier alpha value is -3.87. The van der Waals surface area contributed by atoms with E-state index in [1.165, 1.54) is 30.3 Å². The van der Waals surface area contributed by atoms with Gasteiger partial charge in [0, 0.05) is 5.69 Å². The van der Waals surface area contributed by atoms with Crippen molar-refractivity contribution in [3.05, 3.63) is 69.4 Å². The molecule has 3 aromatic rings. The summed E-state index contributed by atoms with van der Waals surface area (Å²) in [5.41, 5.74) is -1.99. The molecular formula is C21H16ClF4N3O6. The minimum atomic E-state index is -3.19. The van der Waals surface area contributed by atoms with Crippen molar-refractivity contribution >= 4 is 35.1 Å². The van der Waals surface area contributed by atoms with Gasteiger partial charge in [-0.05, 0) is 30.3 Å². The molecule has 2 aromatic heterocycles. The maximum Gasteiger partial charge on any atom is 0.337 e. The van der Waals surface area contributed by atoms with Gasteiger partial charge in [-0.2, -0.15) is 5.10 Å². The topological polar surface area (TPSA) is 113 Å². The highest BCUT2D eigenvalue weighted by atomic mass is 35.5. The van der Waals surface area contributed by atoms with Crippen LogP contribution in [0.3, 0.4) is 0 Å². The standard InChI is InChI=1S/C21H16ClF4N3O6/c1-33-20(31)9-5-10(21(32)34-2)7-11(6-9)27-19(30)13-4-3-12(35-13)8-29-16(18(25)26)14(22)15(28-29)17(23)24/h3-7,17-18H,8H2,1-2H3,(H,27,30). The van der Waals surface area contributed by atoms with Crippen LogP contribution < -0.4 is 5.32 Å². The number of esters is 2. The number of ether oxygens (including phenoxy) is 2. The first-order valence-corrected chi connectivity index (χ1v) is 9.97. The molecule has 0 aliphatic rings. The molecule has 186 valence electrons. The molecule has 2 heterocycles. The Morgan fingerprint density at radius 1 is 1.03 bits per heavy atom. The van der Waals surface area contributed by atoms with Gasteiger partial charge in [0.1, 0.15) is 17.1 Å². The van der Waals surface area contributed by atoms with E-state index in [0.29, 0.717) is 4.68 Å². The van der Waals surface area contributed by atoms with Gasteiger partial charge in [0.2, 0.25) is 0 Å². The molecule has 0 unspecified atom stereocenters. The first kappa shape index (κ1) is 25.7. The second-order valence-electron chi connectivity index (χ2n) is 6.85. The summed E-state index contributed by atoms with van der Waals surface area (Å²) in [4.78, 5) is 36.4. The lowest BCUT2D eigenvalue weighted by molar-refractivity contribution is 0.0598. The third-order valence-corrected chi connectivity index (χ3v) is 4.98. The number of benzene rings is 1. The first-order valence-electron chi connectivity index (χ1n) is 9.59. The van der Waals surface area contributed by atoms with Crippen molar-refractivity contribution in [3.63, 3.8) is 0 Å². The van der Waals surface area contributed by atoms with Crippen molar-refractivity contribution in [1.29, 1.82) is 0 Å². The molecule has 0 aliphatic carbocycles. The lowest BCUT2D eigenvalue weighted by atomic mass is 10.1. The van der Waals surface area contributed by atoms with Crippen LogP contribution in [0.15, 0.2) is 34.7 Å². The van der Waals surface area contributed by atoms with E-state index in [1.54, 1.807) is 0 Å². The number of methoxy groups -OCH3 is 2. The number of hydrogen-bond donors (Lipinski definition) is 1. The summed E-state index contributed by atoms with van der Waals surface area (Å²) in [5.74, 6) is -2.72. The van der Waals surface area contributed by atoms with Gasteiger partial charge in [-0.25, -0.2) is 27.2 Å². The summed E-state index contributed by atoms with van der Waals surface area (Å²) >= 11 is 5.62. The van der Waals surface area contributed by atoms with Crippen molar-refractivity contribution in [2.75, 3.05) is 19.5 Å². The number of furan rings is 1. The minimum Gasteiger partial charge on any atom is -0.465 e. The summed E-state index contributed by atoms with van der Waals surface area (Å²) in [6, 6.07) is 6.16. The smallest absolute Gasteiger partial charge is 0.337 e. The number of nitrogens with one attached hydrogen (secondary N) is 1. The molecule has 0 saturated heterocycles. The van der Waals surface area contributed by atoms with Gasteiger partial charge in [0.05, 0.1) is 36.9 Å². The van der Waals surface area contributed by atoms with Crippen molar-refractivity contribution in [1.82, 2.24) is 9.78 Å². The van der Waals surface area contributed by atoms with E-state index in [4.69, 9.17) is 16.0 Å². The number of halogens is 5. The summed E-state index contributed by atoms with van der Waals surface area (Å²) in [6.07, 6.45) is -6.36. The molecule has 35 heavy (non-hydrogen) atoms. The van der Waals surface area contributed by atoms with E-state index < -0.39 is 53.7 Å². The molecule has 0 aliphatic heterocycles. The number of rotatable bonds is 8. The zero-order valence-electron chi connectivity index (χ0n) is 18.0. The molecule has 0 atom stereocenters. The molecule has 14 heteroatoms. The van der Waals surface area contributed by atoms with Gasteiger partial charge in [-0.3, -0.25) is 9.48 Å². The van der Waals surface area contributed by atoms with Gasteiger partial charge < -0.3 is 19.2 Å². The number of amides is 1. The number of nitrogens with zero attached hydrogens (tertiary/aromatic N) is 2. The molecule has 1 aromatic carbocycles. The van der Waals surface area contributed by atoms with E-state index >= 15 is 0 Å². The van der Waals surface area contributed by atoms with E-state index in [2.05, 4.69) is 19.9 Å². The van der Waals surface area contributed by atoms with Crippen LogP contribution in [0.2, 0.25) is 5.02 Å². The van der Waals surface area contributed by atoms with E-state index in [-0.39, 0.29) is 28.3 Å². The molecule has 3 rings (SSSR count). The first-order chi connectivity index (χ1) is 16.5. The van der Waals surface area contributed by atoms with Crippen LogP contribution in [0.1, 0.15) is 61.3 Å². The average Bonchev–Trinajstić information content (AvgIpc) is 3.42. The fourth-order valence-electron chi connectivity index (χ4n) is 3.04. The predicted molar refractivity (Wildman–Crippen MR) is 112 cm³/mol. The molecule has 0 spiro atoms. The van der Waals surface area contributed by atoms with E-state index in [1.807, 2.05) is 0 Å². The molecule has 0 bridgehead atoms. The van der Waals surface area contributed by atoms with Gasteiger partial charge in [-0.1, -0.05) is 11.6 Å². The summed E-state index contributed by atoms with van der Waals surface area (Å²) in [6.45, 7) is -0.510. The fraction of sp³-hybridized carbons (Fsp3) is 0.238. The molecule has 1 amide bonds. The van der Waals surface area contributed by atoms with Crippen molar-refractivity contribution in [2.45, 2.75) is 19.4 Å². The highest BCUT2D eigenvalue weighted by Crippen LogP contribution is 2.35. The zero-order valence-corrected chi connectivity index (χ0v) is 18.7. The summed E-state index contributed by atoms with van der Waals surface area (Å²) in [5, 5.41) is 4.99. The van der Waals surface area contributed by atoms with E-state index in [0.717, 1.165) is 14.2 Å². The number of hydrogen-bond acceptors (Lipinski definition) is 7. The molecule has 0 saturated carbocycles. The Balaban J connectivity index is 1.84. The Labute approximate surface area is 199 Å². The van der Waals surface area contributed by atoms with Crippen LogP contribution in [0.25, 0.3) is 0 Å². The second-order valence-corrected chi connectivity index (χ2v) is 7.22. The predicted octanol–water partition coefficient (Wildman–Crippen LogP) is 4.88. The number of anilines is 1. The third kappa shape index (κ3) is 5.62. The van der Waals surface area contributed by atoms with Gasteiger partial charge in [0.25, 0.3) is 18.8 Å². The normalized spacial score (nSPS) is 11.1. The Bertz CT molecular complexity index is 1240. The largest absolute Gasteiger partial charge is 0.465 e. The highest BCUT2D eigenvalue weighted by Gasteiger charge is 2.28. The molecular weight excluding hydrogens is 502 g/mol. The third-order valence-electron chi connectivity index (χ3n) is 4.59. The van der Waals surface area contributed by atoms with Gasteiger partial charge in [0.15, 0.2) is 5.76 Å². The van der Waals surface area contributed by atoms with Crippen LogP contribution >= 0.6 is 11.6 Å². The van der Waals surface area contributed by atoms with Crippen LogP contribution in [0.4, 0.5) is 23.2 Å². The average molecular weight is 518 g/mol. The maximum absolute atomic E-state index is 13.3. The maximum atomic E-state index is 13.3. The van der Waals surface area contributed by atoms with Gasteiger partial charge in [-0.15, -0.1) is 0 Å². The fourth-order valence-corrected chi connectivity index (χ4v) is 3.34. The minimum absolute atomic E-state index is 0.0247. The van der Waals surface area contributed by atoms with Crippen molar-refractivity contribution in [2.24, 2.45) is 0 Å². The van der Waals surface area contributed by atoms with Crippen LogP contribution in [0.5, 0.6) is 0 Å². The molecule has 1 N–H and O–H groups in total. The van der Waals surface area contributed by atoms with Crippen molar-refractivity contribution < 1.29 is 45.8 Å². The molecule has 9 nitrogen and oxygen atoms in total. The quantitative estimate of drug-likeness (QED) is 0.335. The van der Waals surface area contributed by atoms with Crippen molar-refractivity contribution in [3.8, 4) is 0 Å². The number of alkyl halides is 4. The lowest BCUT2D eigenvalue weighted by Crippen LogP contribution is -2.14. The Kier molecular flexibility index (Phi) is 7.79. The number of aromatic nitrogens is 2. The zero-order chi connectivity index (χ0) is 25.9.